The highest BCUT2D eigenvalue weighted by molar-refractivity contribution is 7.92. The lowest BCUT2D eigenvalue weighted by Gasteiger charge is -2.27. The van der Waals surface area contributed by atoms with Gasteiger partial charge in [-0.2, -0.15) is 0 Å². The maximum absolute atomic E-state index is 11.9. The third-order valence-electron chi connectivity index (χ3n) is 2.89. The minimum absolute atomic E-state index is 0.234. The van der Waals surface area contributed by atoms with E-state index in [1.54, 1.807) is 0 Å². The summed E-state index contributed by atoms with van der Waals surface area (Å²) in [6.07, 6.45) is 1.05. The maximum Gasteiger partial charge on any atom is 0.243 e. The maximum atomic E-state index is 11.9. The summed E-state index contributed by atoms with van der Waals surface area (Å²) in [5, 5.41) is 9.27. The fourth-order valence-electron chi connectivity index (χ4n) is 1.47. The third-order valence-corrected chi connectivity index (χ3v) is 4.92. The number of rotatable bonds is 2. The van der Waals surface area contributed by atoms with Gasteiger partial charge in [-0.05, 0) is 20.3 Å². The number of β-amino-alcohol motifs (C(OH)–C–C–N with tert-alkyl or cyclic N) is 1. The van der Waals surface area contributed by atoms with E-state index in [-0.39, 0.29) is 6.54 Å². The molecule has 1 aliphatic rings. The third kappa shape index (κ3) is 2.31. The average Bonchev–Trinajstić information content (AvgIpc) is 2.48. The van der Waals surface area contributed by atoms with E-state index >= 15 is 0 Å². The summed E-state index contributed by atoms with van der Waals surface area (Å²) in [7, 11) is -3.43. The van der Waals surface area contributed by atoms with Gasteiger partial charge in [0.25, 0.3) is 0 Å². The SMILES string of the molecule is CC(C)(C(=O)N1CCC(O)C1)S(C)(=O)=O. The number of aliphatic hydroxyl groups excluding tert-OH is 1. The Hall–Kier alpha value is -0.620. The Labute approximate surface area is 90.0 Å². The molecular weight excluding hydrogens is 218 g/mol. The number of likely N-dealkylation sites (tertiary alicyclic amines) is 1. The number of sulfone groups is 1. The smallest absolute Gasteiger partial charge is 0.243 e. The van der Waals surface area contributed by atoms with Crippen molar-refractivity contribution in [3.8, 4) is 0 Å². The van der Waals surface area contributed by atoms with Gasteiger partial charge in [-0.25, -0.2) is 8.42 Å². The molecule has 0 saturated carbocycles. The molecule has 1 aliphatic heterocycles. The number of aliphatic hydroxyl groups is 1. The van der Waals surface area contributed by atoms with E-state index < -0.39 is 26.6 Å². The molecule has 1 fully saturated rings. The Kier molecular flexibility index (Phi) is 3.11. The van der Waals surface area contributed by atoms with Crippen molar-refractivity contribution in [2.24, 2.45) is 0 Å². The quantitative estimate of drug-likeness (QED) is 0.693. The molecule has 0 aliphatic carbocycles. The summed E-state index contributed by atoms with van der Waals surface area (Å²) in [5.41, 5.74) is 0. The van der Waals surface area contributed by atoms with Crippen LogP contribution in [0.3, 0.4) is 0 Å². The largest absolute Gasteiger partial charge is 0.391 e. The highest BCUT2D eigenvalue weighted by atomic mass is 32.2. The van der Waals surface area contributed by atoms with Crippen LogP contribution in [0.2, 0.25) is 0 Å². The lowest BCUT2D eigenvalue weighted by atomic mass is 10.2. The van der Waals surface area contributed by atoms with Crippen molar-refractivity contribution in [3.05, 3.63) is 0 Å². The summed E-state index contributed by atoms with van der Waals surface area (Å²) in [4.78, 5) is 13.3. The van der Waals surface area contributed by atoms with Crippen molar-refractivity contribution in [1.29, 1.82) is 0 Å². The first kappa shape index (κ1) is 12.4. The second-order valence-electron chi connectivity index (χ2n) is 4.48. The van der Waals surface area contributed by atoms with Crippen LogP contribution in [0, 0.1) is 0 Å². The first-order valence-electron chi connectivity index (χ1n) is 4.83. The van der Waals surface area contributed by atoms with E-state index in [1.165, 1.54) is 18.7 Å². The number of amides is 1. The molecule has 1 N–H and O–H groups in total. The van der Waals surface area contributed by atoms with Gasteiger partial charge >= 0.3 is 0 Å². The Balaban J connectivity index is 2.86. The van der Waals surface area contributed by atoms with Crippen LogP contribution in [0.1, 0.15) is 20.3 Å². The summed E-state index contributed by atoms with van der Waals surface area (Å²) >= 11 is 0. The lowest BCUT2D eigenvalue weighted by Crippen LogP contribution is -2.49. The Morgan fingerprint density at radius 2 is 2.00 bits per heavy atom. The molecule has 0 aromatic rings. The van der Waals surface area contributed by atoms with E-state index in [0.717, 1.165) is 6.26 Å². The molecule has 1 atom stereocenters. The standard InChI is InChI=1S/C9H17NO4S/c1-9(2,15(3,13)14)8(12)10-5-4-7(11)6-10/h7,11H,4-6H2,1-3H3. The molecule has 5 nitrogen and oxygen atoms in total. The predicted octanol–water partition coefficient (Wildman–Crippen LogP) is -0.597. The fourth-order valence-corrected chi connectivity index (χ4v) is 1.91. The molecule has 1 rings (SSSR count). The van der Waals surface area contributed by atoms with E-state index in [4.69, 9.17) is 0 Å². The molecule has 1 unspecified atom stereocenters. The van der Waals surface area contributed by atoms with Crippen molar-refractivity contribution in [2.45, 2.75) is 31.1 Å². The second-order valence-corrected chi connectivity index (χ2v) is 7.04. The van der Waals surface area contributed by atoms with Crippen molar-refractivity contribution in [3.63, 3.8) is 0 Å². The van der Waals surface area contributed by atoms with Crippen LogP contribution in [0.15, 0.2) is 0 Å². The number of hydrogen-bond donors (Lipinski definition) is 1. The molecule has 0 aromatic carbocycles. The Morgan fingerprint density at radius 3 is 2.33 bits per heavy atom. The van der Waals surface area contributed by atoms with Crippen LogP contribution in [-0.4, -0.2) is 54.5 Å². The molecule has 88 valence electrons. The Morgan fingerprint density at radius 1 is 1.47 bits per heavy atom. The zero-order chi connectivity index (χ0) is 11.9. The number of nitrogens with zero attached hydrogens (tertiary/aromatic N) is 1. The van der Waals surface area contributed by atoms with Crippen LogP contribution >= 0.6 is 0 Å². The summed E-state index contributed by atoms with van der Waals surface area (Å²) < 4.78 is 21.4. The van der Waals surface area contributed by atoms with E-state index in [1.807, 2.05) is 0 Å². The monoisotopic (exact) mass is 235 g/mol. The van der Waals surface area contributed by atoms with Gasteiger partial charge in [0.1, 0.15) is 4.75 Å². The highest BCUT2D eigenvalue weighted by Crippen LogP contribution is 2.21. The normalized spacial score (nSPS) is 23.2. The van der Waals surface area contributed by atoms with Gasteiger partial charge < -0.3 is 10.0 Å². The highest BCUT2D eigenvalue weighted by Gasteiger charge is 2.42. The van der Waals surface area contributed by atoms with Crippen LogP contribution in [-0.2, 0) is 14.6 Å². The van der Waals surface area contributed by atoms with E-state index in [0.29, 0.717) is 13.0 Å². The van der Waals surface area contributed by atoms with Gasteiger partial charge in [-0.3, -0.25) is 4.79 Å². The zero-order valence-electron chi connectivity index (χ0n) is 9.23. The van der Waals surface area contributed by atoms with Gasteiger partial charge in [0, 0.05) is 19.3 Å². The topological polar surface area (TPSA) is 74.7 Å². The molecule has 15 heavy (non-hydrogen) atoms. The minimum atomic E-state index is -3.43. The molecular formula is C9H17NO4S. The minimum Gasteiger partial charge on any atom is -0.391 e. The van der Waals surface area contributed by atoms with Gasteiger partial charge in [0.05, 0.1) is 6.10 Å². The van der Waals surface area contributed by atoms with Crippen LogP contribution in [0.5, 0.6) is 0 Å². The van der Waals surface area contributed by atoms with Gasteiger partial charge in [-0.1, -0.05) is 0 Å². The number of carbonyl (C=O) groups excluding carboxylic acids is 1. The van der Waals surface area contributed by atoms with Crippen molar-refractivity contribution in [1.82, 2.24) is 4.90 Å². The molecule has 6 heteroatoms. The predicted molar refractivity (Wildman–Crippen MR) is 56.1 cm³/mol. The van der Waals surface area contributed by atoms with Crippen molar-refractivity contribution >= 4 is 15.7 Å². The first-order chi connectivity index (χ1) is 6.66. The second kappa shape index (κ2) is 3.75. The average molecular weight is 235 g/mol. The van der Waals surface area contributed by atoms with Gasteiger partial charge in [0.15, 0.2) is 9.84 Å². The first-order valence-corrected chi connectivity index (χ1v) is 6.72. The molecule has 1 heterocycles. The van der Waals surface area contributed by atoms with Crippen molar-refractivity contribution in [2.75, 3.05) is 19.3 Å². The summed E-state index contributed by atoms with van der Waals surface area (Å²) in [6, 6.07) is 0. The molecule has 0 bridgehead atoms. The molecule has 0 aromatic heterocycles. The molecule has 1 saturated heterocycles. The van der Waals surface area contributed by atoms with Gasteiger partial charge in [0.2, 0.25) is 5.91 Å². The molecule has 1 amide bonds. The number of hydrogen-bond acceptors (Lipinski definition) is 4. The number of carbonyl (C=O) groups is 1. The van der Waals surface area contributed by atoms with E-state index in [9.17, 15) is 18.3 Å². The van der Waals surface area contributed by atoms with Crippen LogP contribution < -0.4 is 0 Å². The van der Waals surface area contributed by atoms with Crippen LogP contribution in [0.4, 0.5) is 0 Å². The van der Waals surface area contributed by atoms with Crippen LogP contribution in [0.25, 0.3) is 0 Å². The fraction of sp³-hybridized carbons (Fsp3) is 0.889. The Bertz CT molecular complexity index is 360. The van der Waals surface area contributed by atoms with E-state index in [2.05, 4.69) is 0 Å². The molecule has 0 spiro atoms. The van der Waals surface area contributed by atoms with Crippen molar-refractivity contribution < 1.29 is 18.3 Å². The molecule has 0 radical (unpaired) electrons. The van der Waals surface area contributed by atoms with Gasteiger partial charge in [-0.15, -0.1) is 0 Å². The summed E-state index contributed by atoms with van der Waals surface area (Å²) in [5.74, 6) is -0.429. The summed E-state index contributed by atoms with van der Waals surface area (Å²) in [6.45, 7) is 3.46. The lowest BCUT2D eigenvalue weighted by molar-refractivity contribution is -0.132. The zero-order valence-corrected chi connectivity index (χ0v) is 10.0.